The van der Waals surface area contributed by atoms with Gasteiger partial charge in [0.1, 0.15) is 0 Å². The molecular weight excluding hydrogens is 350 g/mol. The first-order valence-corrected chi connectivity index (χ1v) is 9.28. The molecular formula is C20H24ClN3S. The highest BCUT2D eigenvalue weighted by molar-refractivity contribution is 7.99. The second-order valence-corrected chi connectivity index (χ2v) is 7.28. The number of para-hydroxylation sites is 1. The highest BCUT2D eigenvalue weighted by atomic mass is 35.5. The van der Waals surface area contributed by atoms with Crippen molar-refractivity contribution in [3.8, 4) is 0 Å². The number of likely N-dealkylation sites (N-methyl/N-ethyl adjacent to an activating group) is 1. The molecule has 1 fully saturated rings. The summed E-state index contributed by atoms with van der Waals surface area (Å²) >= 11 is 8.00. The van der Waals surface area contributed by atoms with Gasteiger partial charge in [0.15, 0.2) is 0 Å². The predicted octanol–water partition coefficient (Wildman–Crippen LogP) is 4.58. The minimum Gasteiger partial charge on any atom is -0.340 e. The minimum absolute atomic E-state index is 0.186. The van der Waals surface area contributed by atoms with Crippen LogP contribution in [0.15, 0.2) is 52.3 Å². The van der Waals surface area contributed by atoms with Gasteiger partial charge in [-0.25, -0.2) is 0 Å². The van der Waals surface area contributed by atoms with Crippen LogP contribution >= 0.6 is 23.4 Å². The molecule has 0 saturated carbocycles. The van der Waals surface area contributed by atoms with Crippen molar-refractivity contribution >= 4 is 34.7 Å². The van der Waals surface area contributed by atoms with E-state index in [1.54, 1.807) is 11.8 Å². The van der Waals surface area contributed by atoms with E-state index >= 15 is 0 Å². The fraction of sp³-hybridized carbons (Fsp3) is 0.400. The molecule has 0 bridgehead atoms. The van der Waals surface area contributed by atoms with Crippen molar-refractivity contribution in [2.75, 3.05) is 51.0 Å². The van der Waals surface area contributed by atoms with E-state index in [0.717, 1.165) is 28.2 Å². The molecule has 0 N–H and O–H groups in total. The van der Waals surface area contributed by atoms with Crippen LogP contribution < -0.4 is 4.90 Å². The normalized spacial score (nSPS) is 30.9. The summed E-state index contributed by atoms with van der Waals surface area (Å²) in [6.45, 7) is -10.8. The number of halogens is 1. The van der Waals surface area contributed by atoms with Gasteiger partial charge in [0.25, 0.3) is 0 Å². The highest BCUT2D eigenvalue weighted by Gasteiger charge is 2.24. The van der Waals surface area contributed by atoms with Crippen LogP contribution in [-0.4, -0.2) is 55.9 Å². The standard InChI is InChI=1S/C20H24ClN3S/c1-22-12-14-23(15-13-22)10-5-11-24-17-7-2-3-9-19(17)25-20-16(21)6-4-8-18(20)24/h2-4,6-9H,5,10-15H2,1H3/i12D2,13D2,14D2,15D2. The number of anilines is 2. The molecule has 25 heavy (non-hydrogen) atoms. The van der Waals surface area contributed by atoms with Crippen LogP contribution in [0.1, 0.15) is 17.4 Å². The third kappa shape index (κ3) is 3.68. The van der Waals surface area contributed by atoms with E-state index in [-0.39, 0.29) is 13.0 Å². The largest absolute Gasteiger partial charge is 0.340 e. The molecule has 2 heterocycles. The Bertz CT molecular complexity index is 1040. The lowest BCUT2D eigenvalue weighted by atomic mass is 10.2. The summed E-state index contributed by atoms with van der Waals surface area (Å²) in [6.07, 6.45) is 0.264. The SMILES string of the molecule is [2H]C1([2H])N(C)C([2H])([2H])C([2H])([2H])N(CCCN2c3ccccc3Sc3c(Cl)cccc32)C1([2H])[2H]. The van der Waals surface area contributed by atoms with Crippen molar-refractivity contribution in [1.82, 2.24) is 9.80 Å². The van der Waals surface area contributed by atoms with Gasteiger partial charge in [-0.2, -0.15) is 0 Å². The molecule has 2 aliphatic rings. The maximum atomic E-state index is 8.37. The minimum atomic E-state index is -2.76. The molecule has 3 nitrogen and oxygen atoms in total. The highest BCUT2D eigenvalue weighted by Crippen LogP contribution is 2.50. The van der Waals surface area contributed by atoms with E-state index in [0.29, 0.717) is 21.4 Å². The first-order valence-electron chi connectivity index (χ1n) is 12.1. The molecule has 0 radical (unpaired) electrons. The van der Waals surface area contributed by atoms with Gasteiger partial charge in [0.2, 0.25) is 0 Å². The number of hydrogen-bond acceptors (Lipinski definition) is 4. The zero-order valence-corrected chi connectivity index (χ0v) is 15.4. The summed E-state index contributed by atoms with van der Waals surface area (Å²) in [7, 11) is 1.07. The quantitative estimate of drug-likeness (QED) is 0.766. The van der Waals surface area contributed by atoms with E-state index in [9.17, 15) is 0 Å². The van der Waals surface area contributed by atoms with Crippen molar-refractivity contribution in [2.24, 2.45) is 0 Å². The predicted molar refractivity (Wildman–Crippen MR) is 108 cm³/mol. The maximum Gasteiger partial charge on any atom is 0.0568 e. The lowest BCUT2D eigenvalue weighted by Gasteiger charge is -2.35. The second kappa shape index (κ2) is 7.58. The van der Waals surface area contributed by atoms with Crippen LogP contribution in [0.5, 0.6) is 0 Å². The monoisotopic (exact) mass is 381 g/mol. The van der Waals surface area contributed by atoms with Crippen LogP contribution in [0.2, 0.25) is 5.02 Å². The van der Waals surface area contributed by atoms with Crippen molar-refractivity contribution < 1.29 is 11.0 Å². The van der Waals surface area contributed by atoms with Gasteiger partial charge in [-0.15, -0.1) is 0 Å². The van der Waals surface area contributed by atoms with Gasteiger partial charge in [-0.1, -0.05) is 41.6 Å². The van der Waals surface area contributed by atoms with Crippen molar-refractivity contribution in [3.05, 3.63) is 47.5 Å². The zero-order chi connectivity index (χ0) is 24.4. The van der Waals surface area contributed by atoms with Gasteiger partial charge in [0, 0.05) is 48.4 Å². The third-order valence-electron chi connectivity index (χ3n) is 4.07. The summed E-state index contributed by atoms with van der Waals surface area (Å²) in [5, 5.41) is 0.616. The Morgan fingerprint density at radius 3 is 2.60 bits per heavy atom. The molecule has 5 heteroatoms. The Kier molecular flexibility index (Phi) is 3.10. The number of fused-ring (bicyclic) bond motifs is 2. The number of rotatable bonds is 4. The molecule has 0 atom stereocenters. The van der Waals surface area contributed by atoms with Crippen molar-refractivity contribution in [1.29, 1.82) is 0 Å². The number of benzene rings is 2. The first kappa shape index (κ1) is 10.2. The number of piperazine rings is 1. The third-order valence-corrected chi connectivity index (χ3v) is 5.70. The molecule has 0 aliphatic carbocycles. The summed E-state index contributed by atoms with van der Waals surface area (Å²) in [5.41, 5.74) is 1.84. The fourth-order valence-electron chi connectivity index (χ4n) is 2.88. The summed E-state index contributed by atoms with van der Waals surface area (Å²) < 4.78 is 66.2. The summed E-state index contributed by atoms with van der Waals surface area (Å²) in [6, 6.07) is 13.4. The van der Waals surface area contributed by atoms with E-state index in [1.807, 2.05) is 47.4 Å². The molecule has 0 aromatic heterocycles. The zero-order valence-electron chi connectivity index (χ0n) is 21.8. The van der Waals surface area contributed by atoms with Gasteiger partial charge in [-0.3, -0.25) is 0 Å². The average molecular weight is 382 g/mol. The Morgan fingerprint density at radius 1 is 1.00 bits per heavy atom. The fourth-order valence-corrected chi connectivity index (χ4v) is 4.27. The molecule has 2 aromatic carbocycles. The van der Waals surface area contributed by atoms with E-state index in [4.69, 9.17) is 22.6 Å². The van der Waals surface area contributed by atoms with E-state index in [1.165, 1.54) is 0 Å². The van der Waals surface area contributed by atoms with Gasteiger partial charge in [-0.05, 0) is 44.3 Å². The van der Waals surface area contributed by atoms with Gasteiger partial charge >= 0.3 is 0 Å². The van der Waals surface area contributed by atoms with Crippen molar-refractivity contribution in [2.45, 2.75) is 16.2 Å². The Labute approximate surface area is 170 Å². The van der Waals surface area contributed by atoms with Crippen molar-refractivity contribution in [3.63, 3.8) is 0 Å². The molecule has 1 saturated heterocycles. The topological polar surface area (TPSA) is 9.72 Å². The van der Waals surface area contributed by atoms with Crippen LogP contribution in [-0.2, 0) is 0 Å². The van der Waals surface area contributed by atoms with Crippen LogP contribution in [0.25, 0.3) is 0 Å². The van der Waals surface area contributed by atoms with Gasteiger partial charge < -0.3 is 14.7 Å². The molecule has 2 aromatic rings. The second-order valence-electron chi connectivity index (χ2n) is 5.82. The Hall–Kier alpha value is -1.20. The number of nitrogens with zero attached hydrogens (tertiary/aromatic N) is 3. The lowest BCUT2D eigenvalue weighted by molar-refractivity contribution is 0.153. The molecule has 4 rings (SSSR count). The molecule has 0 unspecified atom stereocenters. The first-order chi connectivity index (χ1) is 15.2. The van der Waals surface area contributed by atoms with Crippen LogP contribution in [0, 0.1) is 0 Å². The average Bonchev–Trinajstić information content (AvgIpc) is 2.74. The summed E-state index contributed by atoms with van der Waals surface area (Å²) in [5.74, 6) is 0. The molecule has 0 amide bonds. The Balaban J connectivity index is 1.63. The van der Waals surface area contributed by atoms with Gasteiger partial charge in [0.05, 0.1) is 21.3 Å². The Morgan fingerprint density at radius 2 is 1.76 bits per heavy atom. The van der Waals surface area contributed by atoms with E-state index in [2.05, 4.69) is 0 Å². The van der Waals surface area contributed by atoms with Crippen LogP contribution in [0.4, 0.5) is 11.4 Å². The lowest BCUT2D eigenvalue weighted by Crippen LogP contribution is -2.45. The smallest absolute Gasteiger partial charge is 0.0568 e. The molecule has 0 spiro atoms. The summed E-state index contributed by atoms with van der Waals surface area (Å²) in [4.78, 5) is 5.14. The van der Waals surface area contributed by atoms with Crippen LogP contribution in [0.3, 0.4) is 0 Å². The number of hydrogen-bond donors (Lipinski definition) is 0. The maximum absolute atomic E-state index is 8.37. The molecule has 132 valence electrons. The van der Waals surface area contributed by atoms with E-state index < -0.39 is 26.0 Å². The molecule has 2 aliphatic heterocycles.